The Kier molecular flexibility index (Phi) is 4.23. The minimum absolute atomic E-state index is 0.308. The topological polar surface area (TPSA) is 72.6 Å². The van der Waals surface area contributed by atoms with Gasteiger partial charge in [0, 0.05) is 12.0 Å². The average molecular weight is 299 g/mol. The van der Waals surface area contributed by atoms with Crippen LogP contribution in [0.4, 0.5) is 0 Å². The van der Waals surface area contributed by atoms with Crippen LogP contribution in [0.5, 0.6) is 5.75 Å². The number of aromatic nitrogens is 1. The largest absolute Gasteiger partial charge is 0.482 e. The van der Waals surface area contributed by atoms with Gasteiger partial charge in [0.15, 0.2) is 12.5 Å². The lowest BCUT2D eigenvalue weighted by atomic mass is 9.89. The lowest BCUT2D eigenvalue weighted by Crippen LogP contribution is -2.12. The summed E-state index contributed by atoms with van der Waals surface area (Å²) in [5.41, 5.74) is 3.54. The number of benzene rings is 1. The van der Waals surface area contributed by atoms with Gasteiger partial charge < -0.3 is 14.3 Å². The Morgan fingerprint density at radius 1 is 1.32 bits per heavy atom. The molecule has 2 aromatic rings. The Labute approximate surface area is 128 Å². The minimum atomic E-state index is -0.962. The number of hydrogen-bond donors (Lipinski definition) is 1. The first kappa shape index (κ1) is 14.4. The van der Waals surface area contributed by atoms with E-state index in [1.807, 2.05) is 18.2 Å². The molecule has 1 aromatic carbocycles. The second-order valence-electron chi connectivity index (χ2n) is 5.23. The molecule has 0 saturated heterocycles. The first-order chi connectivity index (χ1) is 10.7. The Hall–Kier alpha value is -2.56. The van der Waals surface area contributed by atoms with Gasteiger partial charge in [-0.2, -0.15) is 0 Å². The fourth-order valence-electron chi connectivity index (χ4n) is 2.68. The van der Waals surface area contributed by atoms with Gasteiger partial charge in [0.25, 0.3) is 0 Å². The number of carboxylic acids is 1. The molecular weight excluding hydrogens is 282 g/mol. The summed E-state index contributed by atoms with van der Waals surface area (Å²) in [4.78, 5) is 14.8. The lowest BCUT2D eigenvalue weighted by molar-refractivity contribution is -0.139. The highest BCUT2D eigenvalue weighted by molar-refractivity contribution is 5.69. The number of oxazole rings is 1. The zero-order chi connectivity index (χ0) is 15.4. The molecule has 1 aliphatic rings. The maximum absolute atomic E-state index is 10.6. The van der Waals surface area contributed by atoms with Crippen LogP contribution in [0.15, 0.2) is 40.6 Å². The summed E-state index contributed by atoms with van der Waals surface area (Å²) in [6.45, 7) is -0.308. The van der Waals surface area contributed by atoms with Crippen molar-refractivity contribution < 1.29 is 19.1 Å². The molecule has 0 radical (unpaired) electrons. The third-order valence-electron chi connectivity index (χ3n) is 3.72. The zero-order valence-electron chi connectivity index (χ0n) is 12.1. The van der Waals surface area contributed by atoms with E-state index in [9.17, 15) is 4.79 Å². The molecule has 0 atom stereocenters. The van der Waals surface area contributed by atoms with Crippen molar-refractivity contribution in [2.24, 2.45) is 0 Å². The standard InChI is InChI=1S/C17H17NO4/c19-17(20)11-22-15-3-1-2-13-10-12(4-6-14(13)15)5-7-16-18-8-9-21-16/h1-3,8-10H,4-7,11H2,(H,19,20). The zero-order valence-corrected chi connectivity index (χ0v) is 12.1. The van der Waals surface area contributed by atoms with Crippen molar-refractivity contribution in [3.05, 3.63) is 53.2 Å². The predicted octanol–water partition coefficient (Wildman–Crippen LogP) is 3.10. The summed E-state index contributed by atoms with van der Waals surface area (Å²) in [6.07, 6.45) is 8.93. The number of aryl methyl sites for hydroxylation is 1. The number of fused-ring (bicyclic) bond motifs is 1. The van der Waals surface area contributed by atoms with Crippen LogP contribution in [-0.2, 0) is 17.6 Å². The molecule has 3 rings (SSSR count). The van der Waals surface area contributed by atoms with Gasteiger partial charge in [0.05, 0.1) is 6.20 Å². The van der Waals surface area contributed by atoms with E-state index in [-0.39, 0.29) is 6.61 Å². The first-order valence-electron chi connectivity index (χ1n) is 7.26. The number of nitrogens with zero attached hydrogens (tertiary/aromatic N) is 1. The molecule has 5 nitrogen and oxygen atoms in total. The number of carbonyl (C=O) groups is 1. The summed E-state index contributed by atoms with van der Waals surface area (Å²) in [5.74, 6) is 0.462. The monoisotopic (exact) mass is 299 g/mol. The van der Waals surface area contributed by atoms with E-state index in [2.05, 4.69) is 11.1 Å². The molecule has 1 aromatic heterocycles. The van der Waals surface area contributed by atoms with Crippen LogP contribution in [0.25, 0.3) is 6.08 Å². The summed E-state index contributed by atoms with van der Waals surface area (Å²) in [7, 11) is 0. The van der Waals surface area contributed by atoms with Crippen molar-refractivity contribution in [3.8, 4) is 5.75 Å². The first-order valence-corrected chi connectivity index (χ1v) is 7.26. The molecule has 0 unspecified atom stereocenters. The molecular formula is C17H17NO4. The number of rotatable bonds is 6. The van der Waals surface area contributed by atoms with Gasteiger partial charge >= 0.3 is 5.97 Å². The second kappa shape index (κ2) is 6.47. The van der Waals surface area contributed by atoms with Crippen molar-refractivity contribution in [2.75, 3.05) is 6.61 Å². The maximum atomic E-state index is 10.6. The molecule has 0 fully saturated rings. The van der Waals surface area contributed by atoms with Gasteiger partial charge in [-0.25, -0.2) is 9.78 Å². The smallest absolute Gasteiger partial charge is 0.341 e. The fourth-order valence-corrected chi connectivity index (χ4v) is 2.68. The number of hydrogen-bond acceptors (Lipinski definition) is 4. The third kappa shape index (κ3) is 3.36. The predicted molar refractivity (Wildman–Crippen MR) is 80.7 cm³/mol. The van der Waals surface area contributed by atoms with Crippen molar-refractivity contribution in [1.82, 2.24) is 4.98 Å². The van der Waals surface area contributed by atoms with Crippen LogP contribution in [0.2, 0.25) is 0 Å². The van der Waals surface area contributed by atoms with Crippen LogP contribution in [-0.4, -0.2) is 22.7 Å². The molecule has 1 N–H and O–H groups in total. The van der Waals surface area contributed by atoms with Crippen LogP contribution in [0, 0.1) is 0 Å². The Morgan fingerprint density at radius 3 is 3.00 bits per heavy atom. The molecule has 0 amide bonds. The molecule has 0 aliphatic heterocycles. The molecule has 0 spiro atoms. The summed E-state index contributed by atoms with van der Waals surface area (Å²) < 4.78 is 10.6. The van der Waals surface area contributed by atoms with Crippen LogP contribution >= 0.6 is 0 Å². The van der Waals surface area contributed by atoms with Gasteiger partial charge in [-0.05, 0) is 30.9 Å². The number of ether oxygens (including phenoxy) is 1. The number of aliphatic carboxylic acids is 1. The molecule has 1 aliphatic carbocycles. The van der Waals surface area contributed by atoms with E-state index in [0.29, 0.717) is 5.75 Å². The van der Waals surface area contributed by atoms with Crippen molar-refractivity contribution in [3.63, 3.8) is 0 Å². The average Bonchev–Trinajstić information content (AvgIpc) is 3.04. The van der Waals surface area contributed by atoms with Crippen LogP contribution in [0.3, 0.4) is 0 Å². The van der Waals surface area contributed by atoms with Crippen molar-refractivity contribution in [2.45, 2.75) is 25.7 Å². The van der Waals surface area contributed by atoms with Crippen molar-refractivity contribution >= 4 is 12.0 Å². The Bertz CT molecular complexity index is 689. The Balaban J connectivity index is 1.71. The molecule has 0 saturated carbocycles. The summed E-state index contributed by atoms with van der Waals surface area (Å²) in [6, 6.07) is 5.75. The van der Waals surface area contributed by atoms with Gasteiger partial charge in [0.2, 0.25) is 0 Å². The number of allylic oxidation sites excluding steroid dienone is 1. The summed E-state index contributed by atoms with van der Waals surface area (Å²) >= 11 is 0. The molecule has 5 heteroatoms. The summed E-state index contributed by atoms with van der Waals surface area (Å²) in [5, 5.41) is 8.73. The maximum Gasteiger partial charge on any atom is 0.341 e. The van der Waals surface area contributed by atoms with E-state index in [4.69, 9.17) is 14.3 Å². The van der Waals surface area contributed by atoms with E-state index >= 15 is 0 Å². The van der Waals surface area contributed by atoms with Crippen LogP contribution < -0.4 is 4.74 Å². The van der Waals surface area contributed by atoms with Gasteiger partial charge in [-0.1, -0.05) is 23.8 Å². The van der Waals surface area contributed by atoms with E-state index in [1.165, 1.54) is 5.57 Å². The SMILES string of the molecule is O=C(O)COc1cccc2c1CCC(CCc1ncco1)=C2. The van der Waals surface area contributed by atoms with E-state index in [0.717, 1.165) is 42.7 Å². The van der Waals surface area contributed by atoms with E-state index < -0.39 is 5.97 Å². The highest BCUT2D eigenvalue weighted by Crippen LogP contribution is 2.32. The molecule has 1 heterocycles. The van der Waals surface area contributed by atoms with Gasteiger partial charge in [0.1, 0.15) is 12.0 Å². The normalized spacial score (nSPS) is 13.4. The third-order valence-corrected chi connectivity index (χ3v) is 3.72. The van der Waals surface area contributed by atoms with Gasteiger partial charge in [-0.3, -0.25) is 0 Å². The second-order valence-corrected chi connectivity index (χ2v) is 5.23. The lowest BCUT2D eigenvalue weighted by Gasteiger charge is -2.19. The van der Waals surface area contributed by atoms with E-state index in [1.54, 1.807) is 12.5 Å². The Morgan fingerprint density at radius 2 is 2.23 bits per heavy atom. The van der Waals surface area contributed by atoms with Crippen molar-refractivity contribution in [1.29, 1.82) is 0 Å². The number of carboxylic acid groups (broad SMARTS) is 1. The van der Waals surface area contributed by atoms with Crippen LogP contribution in [0.1, 0.15) is 29.9 Å². The fraction of sp³-hybridized carbons (Fsp3) is 0.294. The minimum Gasteiger partial charge on any atom is -0.482 e. The highest BCUT2D eigenvalue weighted by Gasteiger charge is 2.15. The molecule has 0 bridgehead atoms. The quantitative estimate of drug-likeness (QED) is 0.887. The molecule has 22 heavy (non-hydrogen) atoms. The highest BCUT2D eigenvalue weighted by atomic mass is 16.5. The molecule has 114 valence electrons. The van der Waals surface area contributed by atoms with Gasteiger partial charge in [-0.15, -0.1) is 0 Å².